The average molecular weight is 467 g/mol. The second kappa shape index (κ2) is 20.5. The van der Waals surface area contributed by atoms with Crippen LogP contribution in [0.3, 0.4) is 0 Å². The summed E-state index contributed by atoms with van der Waals surface area (Å²) in [7, 11) is 0. The Morgan fingerprint density at radius 3 is 1.58 bits per heavy atom. The van der Waals surface area contributed by atoms with E-state index in [9.17, 15) is 14.4 Å². The first kappa shape index (κ1) is 30.9. The van der Waals surface area contributed by atoms with E-state index in [1.807, 2.05) is 0 Å². The van der Waals surface area contributed by atoms with Crippen molar-refractivity contribution in [1.29, 1.82) is 0 Å². The van der Waals surface area contributed by atoms with Gasteiger partial charge in [-0.25, -0.2) is 0 Å². The molecule has 8 nitrogen and oxygen atoms in total. The molecule has 0 rings (SSSR count). The number of nitrogens with one attached hydrogen (secondary N) is 1. The molecule has 0 aliphatic heterocycles. The molecule has 0 fully saturated rings. The van der Waals surface area contributed by atoms with Crippen molar-refractivity contribution in [2.45, 2.75) is 44.9 Å². The summed E-state index contributed by atoms with van der Waals surface area (Å²) in [4.78, 5) is 33.7. The van der Waals surface area contributed by atoms with E-state index < -0.39 is 5.41 Å². The Bertz CT molecular complexity index is 527. The minimum absolute atomic E-state index is 0.0344. The van der Waals surface area contributed by atoms with Crippen LogP contribution in [0.25, 0.3) is 0 Å². The van der Waals surface area contributed by atoms with Crippen LogP contribution < -0.4 is 11.1 Å². The molecular weight excluding hydrogens is 424 g/mol. The van der Waals surface area contributed by atoms with E-state index in [2.05, 4.69) is 25.1 Å². The third kappa shape index (κ3) is 17.1. The van der Waals surface area contributed by atoms with Gasteiger partial charge in [-0.2, -0.15) is 0 Å². The first-order valence-electron chi connectivity index (χ1n) is 11.6. The Hall–Kier alpha value is -2.13. The summed E-state index contributed by atoms with van der Waals surface area (Å²) >= 11 is 0. The van der Waals surface area contributed by atoms with Gasteiger partial charge in [0.25, 0.3) is 0 Å². The van der Waals surface area contributed by atoms with Crippen LogP contribution in [0.2, 0.25) is 0 Å². The Balaban J connectivity index is 4.46. The fourth-order valence-electron chi connectivity index (χ4n) is 2.84. The third-order valence-corrected chi connectivity index (χ3v) is 4.99. The van der Waals surface area contributed by atoms with Crippen molar-refractivity contribution in [2.75, 3.05) is 52.7 Å². The zero-order chi connectivity index (χ0) is 24.8. The molecule has 3 N–H and O–H groups in total. The first-order valence-corrected chi connectivity index (χ1v) is 11.6. The highest BCUT2D eigenvalue weighted by Gasteiger charge is 2.30. The van der Waals surface area contributed by atoms with Gasteiger partial charge in [-0.05, 0) is 50.3 Å². The van der Waals surface area contributed by atoms with E-state index >= 15 is 0 Å². The second-order valence-corrected chi connectivity index (χ2v) is 7.97. The molecule has 188 valence electrons. The molecule has 0 unspecified atom stereocenters. The Morgan fingerprint density at radius 1 is 0.727 bits per heavy atom. The summed E-state index contributed by atoms with van der Waals surface area (Å²) in [5.74, 6) is -0.142. The largest absolute Gasteiger partial charge is 0.381 e. The number of hydrogen-bond donors (Lipinski definition) is 2. The number of carbonyl (C=O) groups excluding carboxylic acids is 3. The number of unbranched alkanes of at least 4 members (excludes halogenated alkanes) is 2. The predicted molar refractivity (Wildman–Crippen MR) is 130 cm³/mol. The maximum atomic E-state index is 11.3. The summed E-state index contributed by atoms with van der Waals surface area (Å²) in [6.45, 7) is 13.8. The summed E-state index contributed by atoms with van der Waals surface area (Å²) in [5, 5.41) is 2.70. The number of amides is 1. The zero-order valence-electron chi connectivity index (χ0n) is 20.0. The van der Waals surface area contributed by atoms with Gasteiger partial charge in [-0.15, -0.1) is 0 Å². The minimum Gasteiger partial charge on any atom is -0.381 e. The normalized spacial score (nSPS) is 11.1. The van der Waals surface area contributed by atoms with Crippen molar-refractivity contribution in [2.24, 2.45) is 11.1 Å². The standard InChI is InChI=1S/C25H42N2O6/c1-4-22(28)12-7-9-15-31-19-25(18-26,20-32-16-10-8-13-23(29)5-2)21-33-17-11-14-27-24(30)6-3/h4-6H,1-3,7-21,26H2,(H,27,30). The molecule has 0 aromatic rings. The number of ether oxygens (including phenoxy) is 3. The van der Waals surface area contributed by atoms with E-state index in [1.165, 1.54) is 18.2 Å². The number of rotatable bonds is 24. The SMILES string of the molecule is C=CC(=O)CCCCOCC(CN)(COCCCCC(=O)C=C)COCCCNC(=O)C=C. The number of ketones is 2. The lowest BCUT2D eigenvalue weighted by atomic mass is 9.91. The van der Waals surface area contributed by atoms with Crippen molar-refractivity contribution in [3.05, 3.63) is 38.0 Å². The molecule has 0 spiro atoms. The molecule has 33 heavy (non-hydrogen) atoms. The van der Waals surface area contributed by atoms with E-state index in [4.69, 9.17) is 19.9 Å². The molecule has 0 saturated carbocycles. The van der Waals surface area contributed by atoms with E-state index in [0.29, 0.717) is 72.0 Å². The number of hydrogen-bond acceptors (Lipinski definition) is 7. The van der Waals surface area contributed by atoms with Gasteiger partial charge in [0, 0.05) is 45.8 Å². The van der Waals surface area contributed by atoms with Crippen LogP contribution in [0.1, 0.15) is 44.9 Å². The van der Waals surface area contributed by atoms with Gasteiger partial charge in [0.15, 0.2) is 11.6 Å². The van der Waals surface area contributed by atoms with Crippen molar-refractivity contribution in [3.8, 4) is 0 Å². The molecule has 0 radical (unpaired) electrons. The van der Waals surface area contributed by atoms with Crippen molar-refractivity contribution >= 4 is 17.5 Å². The summed E-state index contributed by atoms with van der Waals surface area (Å²) in [6, 6.07) is 0. The van der Waals surface area contributed by atoms with Gasteiger partial charge in [0.05, 0.1) is 25.2 Å². The van der Waals surface area contributed by atoms with Crippen LogP contribution in [0, 0.1) is 5.41 Å². The summed E-state index contributed by atoms with van der Waals surface area (Å²) in [5.41, 5.74) is 5.58. The van der Waals surface area contributed by atoms with Crippen molar-refractivity contribution in [1.82, 2.24) is 5.32 Å². The Morgan fingerprint density at radius 2 is 1.18 bits per heavy atom. The molecule has 0 bridgehead atoms. The van der Waals surface area contributed by atoms with Gasteiger partial charge < -0.3 is 25.3 Å². The molecule has 0 aliphatic carbocycles. The predicted octanol–water partition coefficient (Wildman–Crippen LogP) is 2.52. The molecule has 0 aromatic carbocycles. The minimum atomic E-state index is -0.502. The number of carbonyl (C=O) groups is 3. The smallest absolute Gasteiger partial charge is 0.243 e. The first-order chi connectivity index (χ1) is 15.9. The molecule has 0 atom stereocenters. The van der Waals surface area contributed by atoms with Crippen molar-refractivity contribution < 1.29 is 28.6 Å². The molecule has 0 heterocycles. The molecular formula is C25H42N2O6. The van der Waals surface area contributed by atoms with Crippen LogP contribution in [0.15, 0.2) is 38.0 Å². The monoisotopic (exact) mass is 466 g/mol. The van der Waals surface area contributed by atoms with E-state index in [-0.39, 0.29) is 17.5 Å². The fourth-order valence-corrected chi connectivity index (χ4v) is 2.84. The van der Waals surface area contributed by atoms with Gasteiger partial charge in [0.2, 0.25) is 5.91 Å². The summed E-state index contributed by atoms with van der Waals surface area (Å²) in [6.07, 6.45) is 8.53. The van der Waals surface area contributed by atoms with Gasteiger partial charge in [0.1, 0.15) is 0 Å². The summed E-state index contributed by atoms with van der Waals surface area (Å²) < 4.78 is 17.5. The molecule has 0 aliphatic rings. The lowest BCUT2D eigenvalue weighted by Gasteiger charge is -2.32. The van der Waals surface area contributed by atoms with Crippen LogP contribution in [0.5, 0.6) is 0 Å². The van der Waals surface area contributed by atoms with Crippen molar-refractivity contribution in [3.63, 3.8) is 0 Å². The van der Waals surface area contributed by atoms with Gasteiger partial charge in [-0.3, -0.25) is 14.4 Å². The van der Waals surface area contributed by atoms with E-state index in [1.54, 1.807) is 0 Å². The molecule has 0 aromatic heterocycles. The highest BCUT2D eigenvalue weighted by Crippen LogP contribution is 2.19. The molecule has 1 amide bonds. The Kier molecular flexibility index (Phi) is 19.2. The highest BCUT2D eigenvalue weighted by atomic mass is 16.5. The highest BCUT2D eigenvalue weighted by molar-refractivity contribution is 5.89. The lowest BCUT2D eigenvalue weighted by molar-refractivity contribution is -0.116. The average Bonchev–Trinajstić information content (AvgIpc) is 2.84. The Labute approximate surface area is 198 Å². The van der Waals surface area contributed by atoms with E-state index in [0.717, 1.165) is 25.7 Å². The second-order valence-electron chi connectivity index (χ2n) is 7.97. The van der Waals surface area contributed by atoms with Crippen LogP contribution in [0.4, 0.5) is 0 Å². The zero-order valence-corrected chi connectivity index (χ0v) is 20.0. The van der Waals surface area contributed by atoms with Crippen LogP contribution in [-0.2, 0) is 28.6 Å². The van der Waals surface area contributed by atoms with Gasteiger partial charge >= 0.3 is 0 Å². The lowest BCUT2D eigenvalue weighted by Crippen LogP contribution is -2.44. The number of nitrogens with two attached hydrogens (primary N) is 1. The van der Waals surface area contributed by atoms with Crippen LogP contribution in [-0.4, -0.2) is 70.2 Å². The number of allylic oxidation sites excluding steroid dienone is 2. The maximum absolute atomic E-state index is 11.3. The van der Waals surface area contributed by atoms with Crippen LogP contribution >= 0.6 is 0 Å². The topological polar surface area (TPSA) is 117 Å². The third-order valence-electron chi connectivity index (χ3n) is 4.99. The quantitative estimate of drug-likeness (QED) is 0.166. The molecule has 0 saturated heterocycles. The molecule has 8 heteroatoms. The van der Waals surface area contributed by atoms with Gasteiger partial charge in [-0.1, -0.05) is 19.7 Å². The maximum Gasteiger partial charge on any atom is 0.243 e. The fraction of sp³-hybridized carbons (Fsp3) is 0.640.